The zero-order valence-corrected chi connectivity index (χ0v) is 13.5. The van der Waals surface area contributed by atoms with E-state index in [2.05, 4.69) is 5.32 Å². The van der Waals surface area contributed by atoms with Gasteiger partial charge in [-0.05, 0) is 37.8 Å². The number of urea groups is 1. The number of hydrogen-bond acceptors (Lipinski definition) is 3. The average molecular weight is 330 g/mol. The Morgan fingerprint density at radius 3 is 2.67 bits per heavy atom. The Hall–Kier alpha value is -1.27. The van der Waals surface area contributed by atoms with E-state index in [4.69, 9.17) is 17.3 Å². The van der Waals surface area contributed by atoms with E-state index in [1.165, 1.54) is 11.3 Å². The molecule has 2 heterocycles. The third-order valence-electron chi connectivity index (χ3n) is 3.75. The van der Waals surface area contributed by atoms with Gasteiger partial charge in [0.1, 0.15) is 0 Å². The fourth-order valence-electron chi connectivity index (χ4n) is 2.53. The molecule has 0 saturated carbocycles. The zero-order valence-electron chi connectivity index (χ0n) is 12.0. The largest absolute Gasteiger partial charge is 0.370 e. The predicted molar refractivity (Wildman–Crippen MR) is 84.4 cm³/mol. The number of likely N-dealkylation sites (tertiary alicyclic amines) is 1. The Balaban J connectivity index is 1.80. The van der Waals surface area contributed by atoms with E-state index in [0.717, 1.165) is 22.1 Å². The van der Waals surface area contributed by atoms with Gasteiger partial charge in [0, 0.05) is 24.4 Å². The number of nitrogens with one attached hydrogen (secondary N) is 1. The molecule has 7 heteroatoms. The van der Waals surface area contributed by atoms with Gasteiger partial charge in [-0.25, -0.2) is 4.79 Å². The number of piperidine rings is 1. The molecule has 21 heavy (non-hydrogen) atoms. The third kappa shape index (κ3) is 4.61. The first-order valence-electron chi connectivity index (χ1n) is 7.04. The summed E-state index contributed by atoms with van der Waals surface area (Å²) < 4.78 is 0.721. The standard InChI is InChI=1S/C14H20ClN3O2S/c1-9(11-2-3-12(15)21-11)17-14(20)18-6-4-10(5-7-18)8-13(16)19/h2-3,9-10H,4-8H2,1H3,(H2,16,19)(H,17,20). The molecule has 5 nitrogen and oxygen atoms in total. The van der Waals surface area contributed by atoms with Crippen LogP contribution in [0.3, 0.4) is 0 Å². The highest BCUT2D eigenvalue weighted by atomic mass is 35.5. The Morgan fingerprint density at radius 1 is 1.48 bits per heavy atom. The van der Waals surface area contributed by atoms with Gasteiger partial charge in [-0.15, -0.1) is 11.3 Å². The molecule has 0 spiro atoms. The van der Waals surface area contributed by atoms with E-state index in [1.54, 1.807) is 4.90 Å². The molecule has 1 aromatic heterocycles. The molecule has 3 N–H and O–H groups in total. The molecule has 1 atom stereocenters. The maximum atomic E-state index is 12.2. The smallest absolute Gasteiger partial charge is 0.317 e. The SMILES string of the molecule is CC(NC(=O)N1CCC(CC(N)=O)CC1)c1ccc(Cl)s1. The summed E-state index contributed by atoms with van der Waals surface area (Å²) in [7, 11) is 0. The maximum absolute atomic E-state index is 12.2. The van der Waals surface area contributed by atoms with Crippen LogP contribution in [0.15, 0.2) is 12.1 Å². The first-order chi connectivity index (χ1) is 9.95. The average Bonchev–Trinajstić information content (AvgIpc) is 2.85. The summed E-state index contributed by atoms with van der Waals surface area (Å²) >= 11 is 7.38. The van der Waals surface area contributed by atoms with Crippen molar-refractivity contribution in [1.29, 1.82) is 0 Å². The highest BCUT2D eigenvalue weighted by Gasteiger charge is 2.24. The van der Waals surface area contributed by atoms with Crippen molar-refractivity contribution in [2.45, 2.75) is 32.2 Å². The molecule has 116 valence electrons. The van der Waals surface area contributed by atoms with E-state index in [9.17, 15) is 9.59 Å². The minimum atomic E-state index is -0.263. The lowest BCUT2D eigenvalue weighted by Crippen LogP contribution is -2.45. The number of rotatable bonds is 4. The lowest BCUT2D eigenvalue weighted by atomic mass is 9.93. The van der Waals surface area contributed by atoms with Crippen LogP contribution in [0.4, 0.5) is 4.79 Å². The number of nitrogens with two attached hydrogens (primary N) is 1. The molecule has 0 aliphatic carbocycles. The van der Waals surface area contributed by atoms with Gasteiger partial charge in [0.05, 0.1) is 10.4 Å². The molecule has 1 fully saturated rings. The number of carbonyl (C=O) groups excluding carboxylic acids is 2. The highest BCUT2D eigenvalue weighted by molar-refractivity contribution is 7.16. The van der Waals surface area contributed by atoms with Crippen LogP contribution in [0.1, 0.15) is 37.1 Å². The quantitative estimate of drug-likeness (QED) is 0.891. The van der Waals surface area contributed by atoms with Crippen LogP contribution in [0.25, 0.3) is 0 Å². The van der Waals surface area contributed by atoms with Crippen molar-refractivity contribution < 1.29 is 9.59 Å². The van der Waals surface area contributed by atoms with Gasteiger partial charge in [-0.1, -0.05) is 11.6 Å². The Kier molecular flexibility index (Phi) is 5.47. The summed E-state index contributed by atoms with van der Waals surface area (Å²) in [6, 6.07) is 3.64. The van der Waals surface area contributed by atoms with Crippen molar-refractivity contribution >= 4 is 34.9 Å². The molecule has 0 radical (unpaired) electrons. The number of hydrogen-bond donors (Lipinski definition) is 2. The van der Waals surface area contributed by atoms with E-state index < -0.39 is 0 Å². The van der Waals surface area contributed by atoms with Crippen LogP contribution in [0, 0.1) is 5.92 Å². The molecule has 3 amide bonds. The lowest BCUT2D eigenvalue weighted by Gasteiger charge is -2.32. The van der Waals surface area contributed by atoms with Crippen LogP contribution < -0.4 is 11.1 Å². The van der Waals surface area contributed by atoms with Crippen LogP contribution in [-0.4, -0.2) is 29.9 Å². The number of nitrogens with zero attached hydrogens (tertiary/aromatic N) is 1. The number of thiophene rings is 1. The van der Waals surface area contributed by atoms with E-state index in [-0.39, 0.29) is 18.0 Å². The monoisotopic (exact) mass is 329 g/mol. The minimum absolute atomic E-state index is 0.0571. The molecular weight excluding hydrogens is 310 g/mol. The van der Waals surface area contributed by atoms with Crippen molar-refractivity contribution in [3.05, 3.63) is 21.3 Å². The van der Waals surface area contributed by atoms with Crippen LogP contribution in [-0.2, 0) is 4.79 Å². The van der Waals surface area contributed by atoms with Crippen molar-refractivity contribution in [2.24, 2.45) is 11.7 Å². The van der Waals surface area contributed by atoms with Gasteiger partial charge in [-0.3, -0.25) is 4.79 Å². The fraction of sp³-hybridized carbons (Fsp3) is 0.571. The highest BCUT2D eigenvalue weighted by Crippen LogP contribution is 2.27. The number of amides is 3. The second-order valence-electron chi connectivity index (χ2n) is 5.41. The summed E-state index contributed by atoms with van der Waals surface area (Å²) in [6.07, 6.45) is 2.07. The zero-order chi connectivity index (χ0) is 15.4. The van der Waals surface area contributed by atoms with Gasteiger partial charge in [0.25, 0.3) is 0 Å². The van der Waals surface area contributed by atoms with Crippen molar-refractivity contribution in [1.82, 2.24) is 10.2 Å². The summed E-state index contributed by atoms with van der Waals surface area (Å²) in [5.41, 5.74) is 5.21. The van der Waals surface area contributed by atoms with E-state index in [0.29, 0.717) is 25.4 Å². The topological polar surface area (TPSA) is 75.4 Å². The van der Waals surface area contributed by atoms with E-state index >= 15 is 0 Å². The van der Waals surface area contributed by atoms with Crippen molar-refractivity contribution in [3.8, 4) is 0 Å². The van der Waals surface area contributed by atoms with Crippen molar-refractivity contribution in [3.63, 3.8) is 0 Å². The predicted octanol–water partition coefficient (Wildman–Crippen LogP) is 2.76. The number of primary amides is 1. The maximum Gasteiger partial charge on any atom is 0.317 e. The van der Waals surface area contributed by atoms with Crippen LogP contribution in [0.2, 0.25) is 4.34 Å². The van der Waals surface area contributed by atoms with Gasteiger partial charge in [0.2, 0.25) is 5.91 Å². The summed E-state index contributed by atoms with van der Waals surface area (Å²) in [5.74, 6) is 0.0428. The molecular formula is C14H20ClN3O2S. The molecule has 1 aliphatic heterocycles. The van der Waals surface area contributed by atoms with Crippen LogP contribution >= 0.6 is 22.9 Å². The molecule has 1 unspecified atom stereocenters. The molecule has 1 aliphatic rings. The van der Waals surface area contributed by atoms with Crippen molar-refractivity contribution in [2.75, 3.05) is 13.1 Å². The number of carbonyl (C=O) groups is 2. The molecule has 1 saturated heterocycles. The minimum Gasteiger partial charge on any atom is -0.370 e. The second-order valence-corrected chi connectivity index (χ2v) is 7.16. The second kappa shape index (κ2) is 7.13. The first kappa shape index (κ1) is 16.1. The van der Waals surface area contributed by atoms with Gasteiger partial charge < -0.3 is 16.0 Å². The Labute approximate surface area is 133 Å². The summed E-state index contributed by atoms with van der Waals surface area (Å²) in [5, 5.41) is 2.98. The van der Waals surface area contributed by atoms with Gasteiger partial charge >= 0.3 is 6.03 Å². The molecule has 2 rings (SSSR count). The Bertz CT molecular complexity index is 512. The summed E-state index contributed by atoms with van der Waals surface area (Å²) in [4.78, 5) is 26.0. The fourth-order valence-corrected chi connectivity index (χ4v) is 3.60. The molecule has 1 aromatic rings. The first-order valence-corrected chi connectivity index (χ1v) is 8.24. The normalized spacial score (nSPS) is 17.5. The Morgan fingerprint density at radius 2 is 2.14 bits per heavy atom. The molecule has 0 aromatic carbocycles. The van der Waals surface area contributed by atoms with Gasteiger partial charge in [0.15, 0.2) is 0 Å². The van der Waals surface area contributed by atoms with Crippen LogP contribution in [0.5, 0.6) is 0 Å². The summed E-state index contributed by atoms with van der Waals surface area (Å²) in [6.45, 7) is 3.28. The van der Waals surface area contributed by atoms with E-state index in [1.807, 2.05) is 19.1 Å². The number of halogens is 1. The third-order valence-corrected chi connectivity index (χ3v) is 5.17. The van der Waals surface area contributed by atoms with Gasteiger partial charge in [-0.2, -0.15) is 0 Å². The lowest BCUT2D eigenvalue weighted by molar-refractivity contribution is -0.119. The molecule has 0 bridgehead atoms.